The van der Waals surface area contributed by atoms with Crippen molar-refractivity contribution in [2.45, 2.75) is 45.2 Å². The van der Waals surface area contributed by atoms with Crippen LogP contribution in [-0.2, 0) is 4.74 Å². The van der Waals surface area contributed by atoms with Gasteiger partial charge in [-0.25, -0.2) is 14.5 Å². The van der Waals surface area contributed by atoms with Crippen molar-refractivity contribution in [2.75, 3.05) is 44.2 Å². The Balaban J connectivity index is 1.39. The number of halogens is 1. The molecule has 2 aliphatic rings. The van der Waals surface area contributed by atoms with Crippen molar-refractivity contribution in [3.8, 4) is 5.69 Å². The van der Waals surface area contributed by atoms with E-state index in [0.29, 0.717) is 23.7 Å². The van der Waals surface area contributed by atoms with Crippen LogP contribution < -0.4 is 4.90 Å². The van der Waals surface area contributed by atoms with Gasteiger partial charge >= 0.3 is 6.09 Å². The molecule has 1 atom stereocenters. The fourth-order valence-electron chi connectivity index (χ4n) is 4.70. The average Bonchev–Trinajstić information content (AvgIpc) is 3.34. The van der Waals surface area contributed by atoms with Gasteiger partial charge in [-0.3, -0.25) is 4.90 Å². The minimum atomic E-state index is -0.183. The van der Waals surface area contributed by atoms with Crippen LogP contribution in [0.15, 0.2) is 30.7 Å². The zero-order valence-electron chi connectivity index (χ0n) is 18.3. The molecule has 0 spiro atoms. The minimum Gasteiger partial charge on any atom is -0.450 e. The number of hydrogen-bond donors (Lipinski definition) is 0. The van der Waals surface area contributed by atoms with Crippen LogP contribution in [0.1, 0.15) is 33.1 Å². The summed E-state index contributed by atoms with van der Waals surface area (Å²) in [4.78, 5) is 23.4. The van der Waals surface area contributed by atoms with E-state index >= 15 is 0 Å². The third kappa shape index (κ3) is 4.80. The van der Waals surface area contributed by atoms with Gasteiger partial charge in [-0.2, -0.15) is 5.10 Å². The number of carbonyl (C=O) groups is 1. The number of amides is 1. The Morgan fingerprint density at radius 1 is 1.23 bits per heavy atom. The van der Waals surface area contributed by atoms with Gasteiger partial charge in [-0.15, -0.1) is 0 Å². The molecule has 0 aliphatic carbocycles. The molecule has 2 saturated heterocycles. The van der Waals surface area contributed by atoms with Crippen molar-refractivity contribution in [2.24, 2.45) is 0 Å². The number of hydrogen-bond acceptors (Lipinski definition) is 6. The summed E-state index contributed by atoms with van der Waals surface area (Å²) in [6.07, 6.45) is 8.32. The Hall–Kier alpha value is -2.32. The Kier molecular flexibility index (Phi) is 6.97. The molecule has 4 rings (SSSR count). The smallest absolute Gasteiger partial charge is 0.409 e. The molecule has 0 N–H and O–H groups in total. The molecule has 8 nitrogen and oxygen atoms in total. The van der Waals surface area contributed by atoms with Gasteiger partial charge in [0.2, 0.25) is 0 Å². The van der Waals surface area contributed by atoms with Gasteiger partial charge in [0.05, 0.1) is 23.5 Å². The fraction of sp³-hybridized carbons (Fsp3) is 0.591. The third-order valence-corrected chi connectivity index (χ3v) is 6.61. The highest BCUT2D eigenvalue weighted by atomic mass is 35.5. The lowest BCUT2D eigenvalue weighted by Crippen LogP contribution is -2.58. The number of nitrogens with zero attached hydrogens (tertiary/aromatic N) is 6. The minimum absolute atomic E-state index is 0.183. The third-order valence-electron chi connectivity index (χ3n) is 6.33. The van der Waals surface area contributed by atoms with Crippen molar-refractivity contribution >= 4 is 23.5 Å². The van der Waals surface area contributed by atoms with E-state index in [9.17, 15) is 4.79 Å². The molecule has 2 fully saturated rings. The summed E-state index contributed by atoms with van der Waals surface area (Å²) in [5, 5.41) is 4.90. The van der Waals surface area contributed by atoms with Crippen molar-refractivity contribution in [1.82, 2.24) is 24.6 Å². The van der Waals surface area contributed by atoms with Crippen LogP contribution >= 0.6 is 11.6 Å². The topological polar surface area (TPSA) is 66.7 Å². The predicted molar refractivity (Wildman–Crippen MR) is 121 cm³/mol. The van der Waals surface area contributed by atoms with E-state index in [4.69, 9.17) is 16.3 Å². The maximum absolute atomic E-state index is 12.0. The number of ether oxygens (including phenoxy) is 1. The zero-order chi connectivity index (χ0) is 21.8. The molecule has 0 radical (unpaired) electrons. The van der Waals surface area contributed by atoms with Gasteiger partial charge < -0.3 is 14.5 Å². The standard InChI is InChI=1S/C22H31ClN6O2/c1-3-17-16-27(21-20(23)14-19(15-24-21)29-9-5-8-25-29)12-13-28(17)18-6-10-26(11-7-18)22(30)31-4-2/h5,8-9,14-15,17-18H,3-4,6-7,10-13,16H2,1-2H3/t17-/m0/s1. The highest BCUT2D eigenvalue weighted by molar-refractivity contribution is 6.33. The molecule has 31 heavy (non-hydrogen) atoms. The van der Waals surface area contributed by atoms with Crippen LogP contribution in [0, 0.1) is 0 Å². The second-order valence-electron chi connectivity index (χ2n) is 8.11. The number of likely N-dealkylation sites (tertiary alicyclic amines) is 1. The fourth-order valence-corrected chi connectivity index (χ4v) is 4.98. The van der Waals surface area contributed by atoms with Gasteiger partial charge in [-0.05, 0) is 38.3 Å². The summed E-state index contributed by atoms with van der Waals surface area (Å²) in [6.45, 7) is 8.82. The number of aromatic nitrogens is 3. The number of carbonyl (C=O) groups excluding carboxylic acids is 1. The van der Waals surface area contributed by atoms with E-state index in [2.05, 4.69) is 26.8 Å². The second-order valence-corrected chi connectivity index (χ2v) is 8.52. The summed E-state index contributed by atoms with van der Waals surface area (Å²) in [5.74, 6) is 0.841. The summed E-state index contributed by atoms with van der Waals surface area (Å²) in [5.41, 5.74) is 0.859. The lowest BCUT2D eigenvalue weighted by molar-refractivity contribution is 0.0522. The van der Waals surface area contributed by atoms with E-state index in [-0.39, 0.29) is 6.09 Å². The second kappa shape index (κ2) is 9.87. The lowest BCUT2D eigenvalue weighted by Gasteiger charge is -2.47. The number of pyridine rings is 1. The van der Waals surface area contributed by atoms with Crippen LogP contribution in [0.5, 0.6) is 0 Å². The maximum Gasteiger partial charge on any atom is 0.409 e. The SMILES string of the molecule is CCOC(=O)N1CCC(N2CCN(c3ncc(-n4cccn4)cc3Cl)C[C@@H]2CC)CC1. The molecule has 1 amide bonds. The summed E-state index contributed by atoms with van der Waals surface area (Å²) in [6, 6.07) is 4.75. The number of piperazine rings is 1. The maximum atomic E-state index is 12.0. The molecule has 2 aromatic rings. The van der Waals surface area contributed by atoms with E-state index in [1.54, 1.807) is 10.9 Å². The monoisotopic (exact) mass is 446 g/mol. The van der Waals surface area contributed by atoms with Gasteiger partial charge in [0, 0.05) is 57.2 Å². The first-order valence-electron chi connectivity index (χ1n) is 11.2. The lowest BCUT2D eigenvalue weighted by atomic mass is 9.98. The zero-order valence-corrected chi connectivity index (χ0v) is 19.0. The van der Waals surface area contributed by atoms with Gasteiger partial charge in [0.25, 0.3) is 0 Å². The average molecular weight is 447 g/mol. The normalized spacial score (nSPS) is 20.8. The number of piperidine rings is 1. The van der Waals surface area contributed by atoms with E-state index < -0.39 is 0 Å². The Morgan fingerprint density at radius 2 is 2.03 bits per heavy atom. The number of rotatable bonds is 5. The molecular formula is C22H31ClN6O2. The van der Waals surface area contributed by atoms with Crippen LogP contribution in [0.2, 0.25) is 5.02 Å². The highest BCUT2D eigenvalue weighted by Gasteiger charge is 2.34. The summed E-state index contributed by atoms with van der Waals surface area (Å²) < 4.78 is 6.91. The van der Waals surface area contributed by atoms with Crippen LogP contribution in [0.4, 0.5) is 10.6 Å². The van der Waals surface area contributed by atoms with Gasteiger partial charge in [0.15, 0.2) is 0 Å². The van der Waals surface area contributed by atoms with Crippen molar-refractivity contribution in [1.29, 1.82) is 0 Å². The quantitative estimate of drug-likeness (QED) is 0.700. The molecule has 2 aromatic heterocycles. The van der Waals surface area contributed by atoms with E-state index in [1.165, 1.54) is 0 Å². The molecule has 0 saturated carbocycles. The van der Waals surface area contributed by atoms with Crippen LogP contribution in [0.3, 0.4) is 0 Å². The highest BCUT2D eigenvalue weighted by Crippen LogP contribution is 2.30. The van der Waals surface area contributed by atoms with Gasteiger partial charge in [-0.1, -0.05) is 18.5 Å². The first-order chi connectivity index (χ1) is 15.1. The molecule has 0 aromatic carbocycles. The van der Waals surface area contributed by atoms with Crippen molar-refractivity contribution in [3.63, 3.8) is 0 Å². The molecule has 2 aliphatic heterocycles. The largest absolute Gasteiger partial charge is 0.450 e. The van der Waals surface area contributed by atoms with Crippen molar-refractivity contribution in [3.05, 3.63) is 35.7 Å². The molecule has 4 heterocycles. The Morgan fingerprint density at radius 3 is 2.68 bits per heavy atom. The van der Waals surface area contributed by atoms with E-state index in [1.807, 2.05) is 36.4 Å². The molecule has 9 heteroatoms. The van der Waals surface area contributed by atoms with Gasteiger partial charge in [0.1, 0.15) is 5.82 Å². The molecule has 0 bridgehead atoms. The predicted octanol–water partition coefficient (Wildman–Crippen LogP) is 3.44. The first-order valence-corrected chi connectivity index (χ1v) is 11.6. The molecule has 0 unspecified atom stereocenters. The Bertz CT molecular complexity index is 869. The summed E-state index contributed by atoms with van der Waals surface area (Å²) in [7, 11) is 0. The van der Waals surface area contributed by atoms with Crippen LogP contribution in [0.25, 0.3) is 5.69 Å². The molecule has 168 valence electrons. The summed E-state index contributed by atoms with van der Waals surface area (Å²) >= 11 is 6.62. The van der Waals surface area contributed by atoms with Crippen LogP contribution in [-0.4, -0.2) is 82.1 Å². The number of anilines is 1. The Labute approximate surface area is 188 Å². The molecular weight excluding hydrogens is 416 g/mol. The first kappa shape index (κ1) is 21.9. The van der Waals surface area contributed by atoms with Crippen molar-refractivity contribution < 1.29 is 9.53 Å². The van der Waals surface area contributed by atoms with E-state index in [0.717, 1.165) is 63.5 Å².